The summed E-state index contributed by atoms with van der Waals surface area (Å²) in [6.45, 7) is 7.55. The molecule has 156 valence electrons. The Hall–Kier alpha value is -2.00. The number of carbonyl (C=O) groups excluding carboxylic acids is 2. The van der Waals surface area contributed by atoms with E-state index in [1.165, 1.54) is 11.3 Å². The van der Waals surface area contributed by atoms with Gasteiger partial charge >= 0.3 is 6.09 Å². The zero-order chi connectivity index (χ0) is 20.8. The molecular weight excluding hydrogens is 408 g/mol. The second kappa shape index (κ2) is 7.68. The van der Waals surface area contributed by atoms with Gasteiger partial charge in [0.25, 0.3) is 5.91 Å². The van der Waals surface area contributed by atoms with E-state index >= 15 is 0 Å². The normalized spacial score (nSPS) is 21.4. The second-order valence-electron chi connectivity index (χ2n) is 8.70. The van der Waals surface area contributed by atoms with Crippen LogP contribution in [0.2, 0.25) is 0 Å². The van der Waals surface area contributed by atoms with Gasteiger partial charge in [-0.2, -0.15) is 0 Å². The van der Waals surface area contributed by atoms with E-state index in [1.54, 1.807) is 11.3 Å². The van der Waals surface area contributed by atoms with E-state index in [-0.39, 0.29) is 30.0 Å². The highest BCUT2D eigenvalue weighted by molar-refractivity contribution is 7.15. The fourth-order valence-electron chi connectivity index (χ4n) is 3.51. The van der Waals surface area contributed by atoms with Crippen LogP contribution >= 0.6 is 22.7 Å². The Bertz CT molecular complexity index is 913. The number of carbonyl (C=O) groups is 2. The minimum absolute atomic E-state index is 0.163. The molecule has 0 aromatic carbocycles. The Morgan fingerprint density at radius 1 is 1.28 bits per heavy atom. The van der Waals surface area contributed by atoms with Crippen molar-refractivity contribution in [2.24, 2.45) is 0 Å². The summed E-state index contributed by atoms with van der Waals surface area (Å²) in [5, 5.41) is 13.8. The standard InChI is InChI=1S/C20H26N4O3S2/c1-11-22-23-18(29-11)21-17(25)12-8-16(28-10-12)14-9-15(14)24(13-6-5-7-13)19(26)27-20(2,3)4/h8,10,13-15H,5-7,9H2,1-4H3,(H,21,23,25). The minimum atomic E-state index is -0.499. The van der Waals surface area contributed by atoms with Crippen LogP contribution < -0.4 is 5.32 Å². The van der Waals surface area contributed by atoms with Gasteiger partial charge in [0.15, 0.2) is 0 Å². The maximum absolute atomic E-state index is 12.8. The molecule has 7 nitrogen and oxygen atoms in total. The quantitative estimate of drug-likeness (QED) is 0.730. The molecule has 0 radical (unpaired) electrons. The number of rotatable bonds is 5. The molecule has 2 aliphatic carbocycles. The number of hydrogen-bond acceptors (Lipinski definition) is 7. The van der Waals surface area contributed by atoms with Crippen molar-refractivity contribution in [1.82, 2.24) is 15.1 Å². The highest BCUT2D eigenvalue weighted by atomic mass is 32.1. The summed E-state index contributed by atoms with van der Waals surface area (Å²) in [7, 11) is 0. The Balaban J connectivity index is 1.42. The number of thiophene rings is 1. The topological polar surface area (TPSA) is 84.4 Å². The van der Waals surface area contributed by atoms with Crippen LogP contribution in [0.1, 0.15) is 72.6 Å². The molecule has 0 bridgehead atoms. The van der Waals surface area contributed by atoms with Crippen molar-refractivity contribution in [3.8, 4) is 0 Å². The fourth-order valence-corrected chi connectivity index (χ4v) is 5.16. The summed E-state index contributed by atoms with van der Waals surface area (Å²) < 4.78 is 5.67. The van der Waals surface area contributed by atoms with Crippen LogP contribution in [0.4, 0.5) is 9.93 Å². The van der Waals surface area contributed by atoms with E-state index in [4.69, 9.17) is 4.74 Å². The Morgan fingerprint density at radius 3 is 2.62 bits per heavy atom. The van der Waals surface area contributed by atoms with Crippen LogP contribution in [-0.2, 0) is 4.74 Å². The Kier molecular flexibility index (Phi) is 5.37. The van der Waals surface area contributed by atoms with Crippen molar-refractivity contribution in [2.75, 3.05) is 5.32 Å². The molecule has 1 N–H and O–H groups in total. The third-order valence-corrected chi connectivity index (χ3v) is 7.00. The van der Waals surface area contributed by atoms with Crippen LogP contribution in [0, 0.1) is 6.92 Å². The van der Waals surface area contributed by atoms with E-state index in [1.807, 2.05) is 44.0 Å². The molecular formula is C20H26N4O3S2. The first-order valence-electron chi connectivity index (χ1n) is 9.92. The number of anilines is 1. The van der Waals surface area contributed by atoms with E-state index in [2.05, 4.69) is 15.5 Å². The van der Waals surface area contributed by atoms with Crippen LogP contribution in [0.25, 0.3) is 0 Å². The molecule has 2 unspecified atom stereocenters. The average molecular weight is 435 g/mol. The number of hydrogen-bond donors (Lipinski definition) is 1. The first kappa shape index (κ1) is 20.3. The van der Waals surface area contributed by atoms with Gasteiger partial charge in [-0.25, -0.2) is 4.79 Å². The van der Waals surface area contributed by atoms with E-state index in [0.29, 0.717) is 10.7 Å². The van der Waals surface area contributed by atoms with Gasteiger partial charge in [-0.3, -0.25) is 10.1 Å². The molecule has 2 aliphatic rings. The van der Waals surface area contributed by atoms with Gasteiger partial charge in [0, 0.05) is 28.3 Å². The molecule has 2 atom stereocenters. The van der Waals surface area contributed by atoms with Crippen molar-refractivity contribution >= 4 is 39.8 Å². The molecule has 9 heteroatoms. The molecule has 2 aromatic heterocycles. The predicted molar refractivity (Wildman–Crippen MR) is 114 cm³/mol. The first-order valence-corrected chi connectivity index (χ1v) is 11.6. The molecule has 2 fully saturated rings. The van der Waals surface area contributed by atoms with Crippen molar-refractivity contribution in [2.45, 2.75) is 77.0 Å². The van der Waals surface area contributed by atoms with Crippen molar-refractivity contribution in [1.29, 1.82) is 0 Å². The molecule has 2 aromatic rings. The van der Waals surface area contributed by atoms with Crippen molar-refractivity contribution in [3.05, 3.63) is 26.9 Å². The lowest BCUT2D eigenvalue weighted by Gasteiger charge is -2.38. The maximum atomic E-state index is 12.8. The molecule has 0 spiro atoms. The lowest BCUT2D eigenvalue weighted by atomic mass is 9.91. The summed E-state index contributed by atoms with van der Waals surface area (Å²) in [4.78, 5) is 28.4. The smallest absolute Gasteiger partial charge is 0.410 e. The molecule has 2 saturated carbocycles. The van der Waals surface area contributed by atoms with Gasteiger partial charge < -0.3 is 9.64 Å². The number of aryl methyl sites for hydroxylation is 1. The lowest BCUT2D eigenvalue weighted by molar-refractivity contribution is 0.00410. The van der Waals surface area contributed by atoms with Crippen LogP contribution in [0.5, 0.6) is 0 Å². The Labute approximate surface area is 178 Å². The SMILES string of the molecule is Cc1nnc(NC(=O)c2csc(C3CC3N(C(=O)OC(C)(C)C)C3CCC3)c2)s1. The maximum Gasteiger partial charge on any atom is 0.410 e. The van der Waals surface area contributed by atoms with E-state index in [9.17, 15) is 9.59 Å². The molecule has 4 rings (SSSR count). The van der Waals surface area contributed by atoms with E-state index in [0.717, 1.165) is 35.6 Å². The molecule has 2 heterocycles. The third kappa shape index (κ3) is 4.61. The monoisotopic (exact) mass is 434 g/mol. The van der Waals surface area contributed by atoms with Gasteiger partial charge in [0.1, 0.15) is 10.6 Å². The highest BCUT2D eigenvalue weighted by Crippen LogP contribution is 2.49. The van der Waals surface area contributed by atoms with Crippen LogP contribution in [0.3, 0.4) is 0 Å². The number of ether oxygens (including phenoxy) is 1. The van der Waals surface area contributed by atoms with Crippen LogP contribution in [0.15, 0.2) is 11.4 Å². The number of nitrogens with zero attached hydrogens (tertiary/aromatic N) is 3. The van der Waals surface area contributed by atoms with Crippen LogP contribution in [-0.4, -0.2) is 44.8 Å². The van der Waals surface area contributed by atoms with E-state index < -0.39 is 5.60 Å². The summed E-state index contributed by atoms with van der Waals surface area (Å²) in [5.41, 5.74) is 0.122. The molecule has 0 aliphatic heterocycles. The fraction of sp³-hybridized carbons (Fsp3) is 0.600. The summed E-state index contributed by atoms with van der Waals surface area (Å²) in [5.74, 6) is 0.0993. The zero-order valence-corrected chi connectivity index (χ0v) is 18.7. The number of nitrogens with one attached hydrogen (secondary N) is 1. The summed E-state index contributed by atoms with van der Waals surface area (Å²) >= 11 is 2.93. The molecule has 29 heavy (non-hydrogen) atoms. The van der Waals surface area contributed by atoms with Gasteiger partial charge in [-0.05, 0) is 59.4 Å². The number of amides is 2. The molecule has 0 saturated heterocycles. The zero-order valence-electron chi connectivity index (χ0n) is 17.1. The molecule has 2 amide bonds. The minimum Gasteiger partial charge on any atom is -0.444 e. The van der Waals surface area contributed by atoms with Gasteiger partial charge in [0.2, 0.25) is 5.13 Å². The highest BCUT2D eigenvalue weighted by Gasteiger charge is 2.50. The van der Waals surface area contributed by atoms with Gasteiger partial charge in [-0.1, -0.05) is 11.3 Å². The van der Waals surface area contributed by atoms with Crippen molar-refractivity contribution in [3.63, 3.8) is 0 Å². The second-order valence-corrected chi connectivity index (χ2v) is 10.8. The van der Waals surface area contributed by atoms with Gasteiger partial charge in [-0.15, -0.1) is 21.5 Å². The summed E-state index contributed by atoms with van der Waals surface area (Å²) in [6, 6.07) is 2.38. The summed E-state index contributed by atoms with van der Waals surface area (Å²) in [6.07, 6.45) is 3.96. The van der Waals surface area contributed by atoms with Gasteiger partial charge in [0.05, 0.1) is 5.56 Å². The average Bonchev–Trinajstić information content (AvgIpc) is 2.99. The van der Waals surface area contributed by atoms with Crippen molar-refractivity contribution < 1.29 is 14.3 Å². The largest absolute Gasteiger partial charge is 0.444 e. The number of aromatic nitrogens is 2. The Morgan fingerprint density at radius 2 is 2.03 bits per heavy atom. The predicted octanol–water partition coefficient (Wildman–Crippen LogP) is 4.81. The lowest BCUT2D eigenvalue weighted by Crippen LogP contribution is -2.48. The third-order valence-electron chi connectivity index (χ3n) is 5.18. The first-order chi connectivity index (χ1) is 13.7.